The Morgan fingerprint density at radius 1 is 1.35 bits per heavy atom. The summed E-state index contributed by atoms with van der Waals surface area (Å²) in [5, 5.41) is 0. The van der Waals surface area contributed by atoms with Crippen molar-refractivity contribution in [3.63, 3.8) is 0 Å². The van der Waals surface area contributed by atoms with E-state index in [2.05, 4.69) is 0 Å². The zero-order chi connectivity index (χ0) is 13.3. The van der Waals surface area contributed by atoms with E-state index >= 15 is 0 Å². The van der Waals surface area contributed by atoms with Crippen molar-refractivity contribution in [3.8, 4) is 0 Å². The van der Waals surface area contributed by atoms with Crippen molar-refractivity contribution in [3.05, 3.63) is 23.8 Å². The van der Waals surface area contributed by atoms with Gasteiger partial charge >= 0.3 is 6.18 Å². The normalized spacial score (nSPS) is 24.3. The number of rotatable bonds is 3. The zero-order valence-electron chi connectivity index (χ0n) is 8.75. The van der Waals surface area contributed by atoms with Crippen LogP contribution in [-0.2, 0) is 9.59 Å². The van der Waals surface area contributed by atoms with Gasteiger partial charge in [0, 0.05) is 5.57 Å². The summed E-state index contributed by atoms with van der Waals surface area (Å²) in [5.74, 6) is -1.99. The third-order valence-electron chi connectivity index (χ3n) is 2.54. The first-order valence-corrected chi connectivity index (χ1v) is 4.71. The van der Waals surface area contributed by atoms with Crippen LogP contribution in [-0.4, -0.2) is 18.0 Å². The predicted octanol–water partition coefficient (Wildman–Crippen LogP) is 0.782. The molecule has 0 radical (unpaired) electrons. The molecule has 7 heteroatoms. The Balaban J connectivity index is 3.05. The Bertz CT molecular complexity index is 412. The number of halogens is 3. The molecule has 1 rings (SSSR count). The van der Waals surface area contributed by atoms with Gasteiger partial charge in [0.25, 0.3) is 0 Å². The van der Waals surface area contributed by atoms with Gasteiger partial charge in [0.05, 0.1) is 11.8 Å². The molecule has 0 aromatic carbocycles. The first kappa shape index (κ1) is 13.3. The fourth-order valence-electron chi connectivity index (χ4n) is 1.71. The van der Waals surface area contributed by atoms with Crippen molar-refractivity contribution in [2.45, 2.75) is 19.0 Å². The molecule has 0 aliphatic heterocycles. The zero-order valence-corrected chi connectivity index (χ0v) is 8.75. The molecule has 1 atom stereocenters. The minimum absolute atomic E-state index is 0.0458. The molecule has 0 heterocycles. The van der Waals surface area contributed by atoms with Crippen molar-refractivity contribution in [2.24, 2.45) is 16.9 Å². The van der Waals surface area contributed by atoms with Crippen LogP contribution < -0.4 is 11.5 Å². The Kier molecular flexibility index (Phi) is 3.30. The molecule has 94 valence electrons. The molecule has 0 spiro atoms. The summed E-state index contributed by atoms with van der Waals surface area (Å²) in [5.41, 5.74) is 8.01. The van der Waals surface area contributed by atoms with Gasteiger partial charge in [0.1, 0.15) is 0 Å². The van der Waals surface area contributed by atoms with Crippen LogP contribution in [0.1, 0.15) is 12.8 Å². The highest BCUT2D eigenvalue weighted by atomic mass is 19.4. The number of amides is 2. The molecule has 1 aliphatic carbocycles. The second kappa shape index (κ2) is 4.23. The minimum atomic E-state index is -4.56. The molecule has 0 aromatic heterocycles. The summed E-state index contributed by atoms with van der Waals surface area (Å²) in [6, 6.07) is 0. The largest absolute Gasteiger partial charge is 0.390 e. The molecular formula is C10H11F3N2O2. The molecular weight excluding hydrogens is 237 g/mol. The molecule has 4 N–H and O–H groups in total. The fraction of sp³-hybridized carbons (Fsp3) is 0.400. The van der Waals surface area contributed by atoms with Crippen molar-refractivity contribution >= 4 is 11.8 Å². The van der Waals surface area contributed by atoms with Gasteiger partial charge in [0.15, 0.2) is 0 Å². The minimum Gasteiger partial charge on any atom is -0.369 e. The van der Waals surface area contributed by atoms with Crippen LogP contribution in [0.3, 0.4) is 0 Å². The van der Waals surface area contributed by atoms with E-state index in [0.717, 1.165) is 6.08 Å². The van der Waals surface area contributed by atoms with Crippen LogP contribution in [0.5, 0.6) is 0 Å². The van der Waals surface area contributed by atoms with Crippen LogP contribution in [0.2, 0.25) is 0 Å². The lowest BCUT2D eigenvalue weighted by atomic mass is 9.74. The first-order valence-electron chi connectivity index (χ1n) is 4.71. The summed E-state index contributed by atoms with van der Waals surface area (Å²) in [6.45, 7) is 0. The van der Waals surface area contributed by atoms with E-state index in [1.165, 1.54) is 12.2 Å². The third-order valence-corrected chi connectivity index (χ3v) is 2.54. The molecule has 0 saturated carbocycles. The van der Waals surface area contributed by atoms with E-state index in [-0.39, 0.29) is 5.57 Å². The van der Waals surface area contributed by atoms with E-state index in [1.807, 2.05) is 0 Å². The Hall–Kier alpha value is -1.79. The van der Waals surface area contributed by atoms with Crippen LogP contribution in [0, 0.1) is 5.41 Å². The maximum atomic E-state index is 12.4. The maximum absolute atomic E-state index is 12.4. The van der Waals surface area contributed by atoms with Crippen LogP contribution in [0.25, 0.3) is 0 Å². The van der Waals surface area contributed by atoms with Crippen molar-refractivity contribution in [1.29, 1.82) is 0 Å². The van der Waals surface area contributed by atoms with Crippen molar-refractivity contribution in [1.82, 2.24) is 0 Å². The van der Waals surface area contributed by atoms with Crippen LogP contribution >= 0.6 is 0 Å². The van der Waals surface area contributed by atoms with Crippen molar-refractivity contribution < 1.29 is 22.8 Å². The second-order valence-electron chi connectivity index (χ2n) is 3.90. The molecule has 0 saturated heterocycles. The first-order chi connectivity index (χ1) is 7.66. The average molecular weight is 248 g/mol. The Labute approximate surface area is 95.1 Å². The average Bonchev–Trinajstić information content (AvgIpc) is 2.15. The van der Waals surface area contributed by atoms with E-state index < -0.39 is 36.2 Å². The lowest BCUT2D eigenvalue weighted by molar-refractivity contribution is -0.161. The molecule has 0 fully saturated rings. The van der Waals surface area contributed by atoms with E-state index in [4.69, 9.17) is 11.5 Å². The highest BCUT2D eigenvalue weighted by Gasteiger charge is 2.46. The highest BCUT2D eigenvalue weighted by Crippen LogP contribution is 2.41. The van der Waals surface area contributed by atoms with E-state index in [9.17, 15) is 22.8 Å². The third kappa shape index (κ3) is 3.08. The number of primary amides is 2. The van der Waals surface area contributed by atoms with Gasteiger partial charge in [-0.3, -0.25) is 9.59 Å². The lowest BCUT2D eigenvalue weighted by Crippen LogP contribution is -2.41. The van der Waals surface area contributed by atoms with Gasteiger partial charge in [0.2, 0.25) is 11.8 Å². The number of allylic oxidation sites excluding steroid dienone is 2. The molecule has 0 bridgehead atoms. The molecule has 1 unspecified atom stereocenters. The van der Waals surface area contributed by atoms with Gasteiger partial charge in [-0.1, -0.05) is 18.2 Å². The van der Waals surface area contributed by atoms with Gasteiger partial charge in [-0.2, -0.15) is 13.2 Å². The van der Waals surface area contributed by atoms with E-state index in [1.54, 1.807) is 0 Å². The SMILES string of the molecule is NC(=O)C1=CC=CC(CC(F)(F)F)(C(N)=O)C1. The Morgan fingerprint density at radius 3 is 2.35 bits per heavy atom. The number of alkyl halides is 3. The predicted molar refractivity (Wildman–Crippen MR) is 53.3 cm³/mol. The quantitative estimate of drug-likeness (QED) is 0.773. The maximum Gasteiger partial charge on any atom is 0.390 e. The smallest absolute Gasteiger partial charge is 0.369 e. The number of carbonyl (C=O) groups is 2. The number of hydrogen-bond acceptors (Lipinski definition) is 2. The second-order valence-corrected chi connectivity index (χ2v) is 3.90. The van der Waals surface area contributed by atoms with Crippen LogP contribution in [0.15, 0.2) is 23.8 Å². The van der Waals surface area contributed by atoms with Crippen LogP contribution in [0.4, 0.5) is 13.2 Å². The monoisotopic (exact) mass is 248 g/mol. The summed E-state index contributed by atoms with van der Waals surface area (Å²) in [6.07, 6.45) is -2.85. The fourth-order valence-corrected chi connectivity index (χ4v) is 1.71. The molecule has 17 heavy (non-hydrogen) atoms. The van der Waals surface area contributed by atoms with Gasteiger partial charge in [-0.05, 0) is 6.42 Å². The highest BCUT2D eigenvalue weighted by molar-refractivity contribution is 5.95. The summed E-state index contributed by atoms with van der Waals surface area (Å²) >= 11 is 0. The number of carbonyl (C=O) groups excluding carboxylic acids is 2. The van der Waals surface area contributed by atoms with Gasteiger partial charge in [-0.15, -0.1) is 0 Å². The van der Waals surface area contributed by atoms with Gasteiger partial charge < -0.3 is 11.5 Å². The lowest BCUT2D eigenvalue weighted by Gasteiger charge is -2.30. The summed E-state index contributed by atoms with van der Waals surface area (Å²) < 4.78 is 37.2. The Morgan fingerprint density at radius 2 is 1.94 bits per heavy atom. The molecule has 1 aliphatic rings. The topological polar surface area (TPSA) is 86.2 Å². The standard InChI is InChI=1S/C10H11F3N2O2/c11-10(12,13)5-9(8(15)17)3-1-2-6(4-9)7(14)16/h1-3H,4-5H2,(H2,14,16)(H2,15,17). The summed E-state index contributed by atoms with van der Waals surface area (Å²) in [4.78, 5) is 22.1. The molecule has 0 aromatic rings. The number of hydrogen-bond donors (Lipinski definition) is 2. The van der Waals surface area contributed by atoms with Crippen molar-refractivity contribution in [2.75, 3.05) is 0 Å². The summed E-state index contributed by atoms with van der Waals surface area (Å²) in [7, 11) is 0. The molecule has 2 amide bonds. The molecule has 4 nitrogen and oxygen atoms in total. The van der Waals surface area contributed by atoms with E-state index in [0.29, 0.717) is 0 Å². The van der Waals surface area contributed by atoms with Gasteiger partial charge in [-0.25, -0.2) is 0 Å². The number of nitrogens with two attached hydrogens (primary N) is 2.